The number of carbonyl (C=O) groups is 3. The number of carbonyl (C=O) groups excluding carboxylic acids is 3. The molecule has 0 radical (unpaired) electrons. The monoisotopic (exact) mass is 395 g/mol. The number of nitrogens with one attached hydrogen (secondary N) is 4. The van der Waals surface area contributed by atoms with E-state index in [2.05, 4.69) is 26.4 Å². The molecule has 0 saturated carbocycles. The fourth-order valence-electron chi connectivity index (χ4n) is 2.51. The molecule has 148 valence electrons. The maximum atomic E-state index is 13.1. The van der Waals surface area contributed by atoms with E-state index in [-0.39, 0.29) is 18.7 Å². The average molecular weight is 395 g/mol. The molecule has 0 bridgehead atoms. The van der Waals surface area contributed by atoms with Crippen LogP contribution in [0, 0.1) is 5.82 Å². The van der Waals surface area contributed by atoms with Gasteiger partial charge in [-0.2, -0.15) is 5.10 Å². The number of amides is 3. The van der Waals surface area contributed by atoms with Gasteiger partial charge in [0.05, 0.1) is 18.7 Å². The molecule has 1 heterocycles. The van der Waals surface area contributed by atoms with Gasteiger partial charge >= 0.3 is 0 Å². The first-order valence-electron chi connectivity index (χ1n) is 8.72. The minimum atomic E-state index is -0.617. The van der Waals surface area contributed by atoms with Gasteiger partial charge in [0.15, 0.2) is 0 Å². The van der Waals surface area contributed by atoms with Gasteiger partial charge in [-0.25, -0.2) is 4.39 Å². The minimum Gasteiger partial charge on any atom is -0.347 e. The molecule has 0 unspecified atom stereocenters. The molecule has 0 spiro atoms. The molecule has 0 atom stereocenters. The standard InChI is InChI=1S/C20H18FN5O3/c21-15-8-4-5-13(9-15)10-18(27)22-12-19(28)25-26-20(29)17-11-16(23-24-17)14-6-2-1-3-7-14/h1-9,11H,10,12H2,(H,22,27)(H,23,24)(H,25,28)(H,26,29). The fourth-order valence-corrected chi connectivity index (χ4v) is 2.51. The minimum absolute atomic E-state index is 0.0617. The van der Waals surface area contributed by atoms with Crippen molar-refractivity contribution in [1.29, 1.82) is 0 Å². The molecule has 29 heavy (non-hydrogen) atoms. The van der Waals surface area contributed by atoms with Gasteiger partial charge in [-0.15, -0.1) is 0 Å². The first-order chi connectivity index (χ1) is 14.0. The molecule has 4 N–H and O–H groups in total. The SMILES string of the molecule is O=C(Cc1cccc(F)c1)NCC(=O)NNC(=O)c1cc(-c2ccccc2)n[nH]1. The van der Waals surface area contributed by atoms with Crippen LogP contribution in [0.4, 0.5) is 4.39 Å². The third-order valence-electron chi connectivity index (χ3n) is 3.91. The van der Waals surface area contributed by atoms with Crippen LogP contribution in [-0.4, -0.2) is 34.5 Å². The Hall–Kier alpha value is -4.01. The number of rotatable bonds is 6. The van der Waals surface area contributed by atoms with Crippen molar-refractivity contribution >= 4 is 17.7 Å². The van der Waals surface area contributed by atoms with Crippen LogP contribution in [0.2, 0.25) is 0 Å². The van der Waals surface area contributed by atoms with Gasteiger partial charge in [-0.1, -0.05) is 42.5 Å². The predicted molar refractivity (Wildman–Crippen MR) is 103 cm³/mol. The van der Waals surface area contributed by atoms with Crippen LogP contribution in [0.15, 0.2) is 60.7 Å². The molecule has 1 aromatic heterocycles. The summed E-state index contributed by atoms with van der Waals surface area (Å²) in [5.74, 6) is -2.09. The highest BCUT2D eigenvalue weighted by atomic mass is 19.1. The van der Waals surface area contributed by atoms with E-state index in [0.29, 0.717) is 11.3 Å². The Morgan fingerprint density at radius 1 is 0.931 bits per heavy atom. The number of H-pyrrole nitrogens is 1. The number of hydrogen-bond donors (Lipinski definition) is 4. The van der Waals surface area contributed by atoms with Gasteiger partial charge in [0.25, 0.3) is 11.8 Å². The quantitative estimate of drug-likeness (QED) is 0.471. The van der Waals surface area contributed by atoms with Crippen LogP contribution in [0.1, 0.15) is 16.1 Å². The summed E-state index contributed by atoms with van der Waals surface area (Å²) in [6.45, 7) is -0.341. The summed E-state index contributed by atoms with van der Waals surface area (Å²) >= 11 is 0. The molecular formula is C20H18FN5O3. The first kappa shape index (κ1) is 19.7. The molecule has 3 aromatic rings. The van der Waals surface area contributed by atoms with Gasteiger partial charge < -0.3 is 5.32 Å². The number of hydrogen-bond acceptors (Lipinski definition) is 4. The molecular weight excluding hydrogens is 377 g/mol. The second kappa shape index (κ2) is 9.27. The van der Waals surface area contributed by atoms with E-state index in [1.165, 1.54) is 18.2 Å². The first-order valence-corrected chi connectivity index (χ1v) is 8.72. The zero-order chi connectivity index (χ0) is 20.6. The van der Waals surface area contributed by atoms with Crippen molar-refractivity contribution in [1.82, 2.24) is 26.4 Å². The van der Waals surface area contributed by atoms with Gasteiger partial charge in [0, 0.05) is 5.56 Å². The molecule has 8 nitrogen and oxygen atoms in total. The third-order valence-corrected chi connectivity index (χ3v) is 3.91. The van der Waals surface area contributed by atoms with E-state index in [1.54, 1.807) is 12.1 Å². The number of nitrogens with zero attached hydrogens (tertiary/aromatic N) is 1. The molecule has 9 heteroatoms. The predicted octanol–water partition coefficient (Wildman–Crippen LogP) is 1.34. The molecule has 2 aromatic carbocycles. The number of halogens is 1. The van der Waals surface area contributed by atoms with Crippen molar-refractivity contribution in [3.63, 3.8) is 0 Å². The maximum absolute atomic E-state index is 13.1. The van der Waals surface area contributed by atoms with E-state index < -0.39 is 23.5 Å². The largest absolute Gasteiger partial charge is 0.347 e. The van der Waals surface area contributed by atoms with Crippen molar-refractivity contribution < 1.29 is 18.8 Å². The third kappa shape index (κ3) is 5.73. The van der Waals surface area contributed by atoms with Crippen LogP contribution >= 0.6 is 0 Å². The fraction of sp³-hybridized carbons (Fsp3) is 0.100. The summed E-state index contributed by atoms with van der Waals surface area (Å²) in [7, 11) is 0. The Bertz CT molecular complexity index is 1020. The van der Waals surface area contributed by atoms with Crippen LogP contribution < -0.4 is 16.2 Å². The lowest BCUT2D eigenvalue weighted by atomic mass is 10.1. The normalized spacial score (nSPS) is 10.2. The van der Waals surface area contributed by atoms with E-state index in [1.807, 2.05) is 30.3 Å². The molecule has 0 aliphatic heterocycles. The van der Waals surface area contributed by atoms with Gasteiger partial charge in [0.2, 0.25) is 5.91 Å². The number of hydrazine groups is 1. The summed E-state index contributed by atoms with van der Waals surface area (Å²) in [6, 6.07) is 16.5. The number of aromatic amines is 1. The Balaban J connectivity index is 1.43. The highest BCUT2D eigenvalue weighted by molar-refractivity contribution is 5.95. The maximum Gasteiger partial charge on any atom is 0.287 e. The lowest BCUT2D eigenvalue weighted by Gasteiger charge is -2.08. The summed E-state index contributed by atoms with van der Waals surface area (Å²) in [5.41, 5.74) is 6.52. The van der Waals surface area contributed by atoms with Crippen molar-refractivity contribution in [3.8, 4) is 11.3 Å². The number of benzene rings is 2. The van der Waals surface area contributed by atoms with Crippen LogP contribution in [0.3, 0.4) is 0 Å². The Morgan fingerprint density at radius 3 is 2.48 bits per heavy atom. The van der Waals surface area contributed by atoms with Gasteiger partial charge in [-0.3, -0.25) is 30.3 Å². The summed E-state index contributed by atoms with van der Waals surface area (Å²) in [5, 5.41) is 9.05. The molecule has 3 rings (SSSR count). The second-order valence-corrected chi connectivity index (χ2v) is 6.12. The van der Waals surface area contributed by atoms with E-state index >= 15 is 0 Å². The smallest absolute Gasteiger partial charge is 0.287 e. The highest BCUT2D eigenvalue weighted by Crippen LogP contribution is 2.16. The van der Waals surface area contributed by atoms with Crippen LogP contribution in [0.25, 0.3) is 11.3 Å². The van der Waals surface area contributed by atoms with Gasteiger partial charge in [0.1, 0.15) is 11.5 Å². The Labute approximate surface area is 165 Å². The van der Waals surface area contributed by atoms with Gasteiger partial charge in [-0.05, 0) is 23.8 Å². The molecule has 0 fully saturated rings. The van der Waals surface area contributed by atoms with Crippen molar-refractivity contribution in [3.05, 3.63) is 77.7 Å². The summed E-state index contributed by atoms with van der Waals surface area (Å²) < 4.78 is 13.1. The lowest BCUT2D eigenvalue weighted by Crippen LogP contribution is -2.46. The summed E-state index contributed by atoms with van der Waals surface area (Å²) in [4.78, 5) is 35.7. The Morgan fingerprint density at radius 2 is 1.72 bits per heavy atom. The van der Waals surface area contributed by atoms with E-state index in [0.717, 1.165) is 5.56 Å². The van der Waals surface area contributed by atoms with E-state index in [9.17, 15) is 18.8 Å². The molecule has 0 aliphatic carbocycles. The zero-order valence-corrected chi connectivity index (χ0v) is 15.2. The van der Waals surface area contributed by atoms with Crippen LogP contribution in [0.5, 0.6) is 0 Å². The average Bonchev–Trinajstić information content (AvgIpc) is 3.21. The van der Waals surface area contributed by atoms with Crippen molar-refractivity contribution in [2.75, 3.05) is 6.54 Å². The highest BCUT2D eigenvalue weighted by Gasteiger charge is 2.12. The second-order valence-electron chi connectivity index (χ2n) is 6.12. The molecule has 3 amide bonds. The topological polar surface area (TPSA) is 116 Å². The lowest BCUT2D eigenvalue weighted by molar-refractivity contribution is -0.126. The van der Waals surface area contributed by atoms with Crippen LogP contribution in [-0.2, 0) is 16.0 Å². The van der Waals surface area contributed by atoms with Crippen molar-refractivity contribution in [2.45, 2.75) is 6.42 Å². The van der Waals surface area contributed by atoms with Crippen molar-refractivity contribution in [2.24, 2.45) is 0 Å². The zero-order valence-electron chi connectivity index (χ0n) is 15.2. The number of aromatic nitrogens is 2. The summed E-state index contributed by atoms with van der Waals surface area (Å²) in [6.07, 6.45) is -0.0617. The molecule has 0 saturated heterocycles. The molecule has 0 aliphatic rings. The Kier molecular flexibility index (Phi) is 6.31. The van der Waals surface area contributed by atoms with E-state index in [4.69, 9.17) is 0 Å².